The van der Waals surface area contributed by atoms with Gasteiger partial charge in [-0.3, -0.25) is 4.79 Å². The Hall–Kier alpha value is 0.01000. The van der Waals surface area contributed by atoms with Crippen LogP contribution in [0.5, 0.6) is 0 Å². The van der Waals surface area contributed by atoms with Crippen LogP contribution in [0.1, 0.15) is 0 Å². The van der Waals surface area contributed by atoms with Crippen LogP contribution >= 0.6 is 34.8 Å². The summed E-state index contributed by atoms with van der Waals surface area (Å²) in [4.78, 5) is 19.9. The molecule has 6 heteroatoms. The van der Waals surface area contributed by atoms with Gasteiger partial charge in [-0.2, -0.15) is 0 Å². The maximum absolute atomic E-state index is 10.1. The van der Waals surface area contributed by atoms with E-state index in [1.807, 2.05) is 0 Å². The molecule has 0 atom stereocenters. The molecule has 0 bridgehead atoms. The fourth-order valence-electron chi connectivity index (χ4n) is 0.127. The highest BCUT2D eigenvalue weighted by Crippen LogP contribution is 2.03. The minimum atomic E-state index is -1.35. The van der Waals surface area contributed by atoms with Crippen LogP contribution in [-0.4, -0.2) is 16.2 Å². The molecule has 52 valence electrons. The number of halogens is 3. The lowest BCUT2D eigenvalue weighted by Crippen LogP contribution is -2.13. The largest absolute Gasteiger partial charge is 0.425 e. The molecule has 0 heterocycles. The van der Waals surface area contributed by atoms with E-state index in [0.717, 1.165) is 0 Å². The molecule has 0 saturated carbocycles. The van der Waals surface area contributed by atoms with Crippen LogP contribution in [0.2, 0.25) is 0 Å². The average Bonchev–Trinajstić information content (AvgIpc) is 1.63. The lowest BCUT2D eigenvalue weighted by molar-refractivity contribution is -0.149. The van der Waals surface area contributed by atoms with E-state index in [-0.39, 0.29) is 0 Å². The Balaban J connectivity index is 3.65. The molecule has 0 amide bonds. The summed E-state index contributed by atoms with van der Waals surface area (Å²) in [5.41, 5.74) is 0. The first-order chi connectivity index (χ1) is 4.04. The number of rotatable bonds is 2. The zero-order valence-electron chi connectivity index (χ0n) is 3.94. The van der Waals surface area contributed by atoms with Crippen molar-refractivity contribution in [1.82, 2.24) is 0 Å². The lowest BCUT2D eigenvalue weighted by Gasteiger charge is -1.98. The van der Waals surface area contributed by atoms with Crippen molar-refractivity contribution in [2.24, 2.45) is 0 Å². The van der Waals surface area contributed by atoms with Gasteiger partial charge in [0, 0.05) is 0 Å². The molecule has 0 aromatic carbocycles. The lowest BCUT2D eigenvalue weighted by atomic mass is 10.8. The molecule has 0 radical (unpaired) electrons. The molecule has 0 fully saturated rings. The van der Waals surface area contributed by atoms with Crippen LogP contribution in [0.15, 0.2) is 0 Å². The Kier molecular flexibility index (Phi) is 3.93. The van der Waals surface area contributed by atoms with Crippen LogP contribution < -0.4 is 0 Å². The molecular formula is C3HCl3O3. The van der Waals surface area contributed by atoms with Gasteiger partial charge in [0.1, 0.15) is 0 Å². The van der Waals surface area contributed by atoms with E-state index in [9.17, 15) is 9.59 Å². The highest BCUT2D eigenvalue weighted by atomic mass is 35.5. The van der Waals surface area contributed by atoms with Crippen molar-refractivity contribution in [3.05, 3.63) is 0 Å². The molecular weight excluding hydrogens is 190 g/mol. The number of ether oxygens (including phenoxy) is 1. The maximum atomic E-state index is 10.1. The molecule has 0 unspecified atom stereocenters. The Morgan fingerprint density at radius 2 is 1.78 bits per heavy atom. The first kappa shape index (κ1) is 9.01. The predicted molar refractivity (Wildman–Crippen MR) is 32.4 cm³/mol. The first-order valence-corrected chi connectivity index (χ1v) is 2.97. The smallest absolute Gasteiger partial charge is 0.393 e. The van der Waals surface area contributed by atoms with E-state index in [2.05, 4.69) is 16.3 Å². The van der Waals surface area contributed by atoms with Crippen molar-refractivity contribution in [2.75, 3.05) is 0 Å². The van der Waals surface area contributed by atoms with E-state index in [1.54, 1.807) is 0 Å². The number of hydrogen-bond acceptors (Lipinski definition) is 3. The van der Waals surface area contributed by atoms with Crippen molar-refractivity contribution in [3.63, 3.8) is 0 Å². The minimum absolute atomic E-state index is 1.25. The number of hydrogen-bond donors (Lipinski definition) is 0. The topological polar surface area (TPSA) is 43.4 Å². The second-order valence-electron chi connectivity index (χ2n) is 0.940. The van der Waals surface area contributed by atoms with Gasteiger partial charge in [-0.25, -0.2) is 4.79 Å². The number of carbonyl (C=O) groups is 2. The van der Waals surface area contributed by atoms with Crippen molar-refractivity contribution in [1.29, 1.82) is 0 Å². The van der Waals surface area contributed by atoms with Crippen LogP contribution in [0, 0.1) is 0 Å². The Morgan fingerprint density at radius 1 is 1.33 bits per heavy atom. The van der Waals surface area contributed by atoms with E-state index >= 15 is 0 Å². The van der Waals surface area contributed by atoms with Crippen molar-refractivity contribution in [2.45, 2.75) is 5.02 Å². The summed E-state index contributed by atoms with van der Waals surface area (Å²) in [6, 6.07) is 0. The molecule has 0 N–H and O–H groups in total. The van der Waals surface area contributed by atoms with Gasteiger partial charge in [0.2, 0.25) is 0 Å². The molecule has 0 aliphatic rings. The fourth-order valence-corrected chi connectivity index (χ4v) is 0.334. The van der Waals surface area contributed by atoms with Gasteiger partial charge in [-0.1, -0.05) is 23.2 Å². The van der Waals surface area contributed by atoms with Crippen LogP contribution in [0.4, 0.5) is 0 Å². The van der Waals surface area contributed by atoms with Gasteiger partial charge in [0.15, 0.2) is 0 Å². The van der Waals surface area contributed by atoms with Crippen molar-refractivity contribution >= 4 is 46.0 Å². The summed E-state index contributed by atoms with van der Waals surface area (Å²) in [5, 5.41) is -2.60. The van der Waals surface area contributed by atoms with Gasteiger partial charge in [-0.05, 0) is 11.6 Å². The molecule has 0 spiro atoms. The molecule has 0 aliphatic carbocycles. The molecule has 0 aromatic rings. The van der Waals surface area contributed by atoms with Crippen LogP contribution in [-0.2, 0) is 14.3 Å². The zero-order chi connectivity index (χ0) is 7.44. The summed E-state index contributed by atoms with van der Waals surface area (Å²) in [6.45, 7) is 0. The quantitative estimate of drug-likeness (QED) is 0.284. The molecule has 0 rings (SSSR count). The number of alkyl halides is 2. The summed E-state index contributed by atoms with van der Waals surface area (Å²) in [6.07, 6.45) is 0. The van der Waals surface area contributed by atoms with E-state index < -0.39 is 16.2 Å². The molecule has 0 aliphatic heterocycles. The fraction of sp³-hybridized carbons (Fsp3) is 0.333. The van der Waals surface area contributed by atoms with Gasteiger partial charge in [0.25, 0.3) is 5.02 Å². The normalized spacial score (nSPS) is 9.33. The second kappa shape index (κ2) is 3.93. The number of carbonyl (C=O) groups excluding carboxylic acids is 2. The summed E-state index contributed by atoms with van der Waals surface area (Å²) in [5.74, 6) is -1.26. The average molecular weight is 191 g/mol. The molecule has 0 aromatic heterocycles. The van der Waals surface area contributed by atoms with Gasteiger partial charge >= 0.3 is 11.2 Å². The second-order valence-corrected chi connectivity index (χ2v) is 2.30. The van der Waals surface area contributed by atoms with Gasteiger partial charge < -0.3 is 4.74 Å². The molecule has 9 heavy (non-hydrogen) atoms. The van der Waals surface area contributed by atoms with Crippen molar-refractivity contribution in [3.8, 4) is 0 Å². The highest BCUT2D eigenvalue weighted by Gasteiger charge is 2.14. The Morgan fingerprint density at radius 3 is 1.89 bits per heavy atom. The summed E-state index contributed by atoms with van der Waals surface area (Å²) in [7, 11) is 0. The zero-order valence-corrected chi connectivity index (χ0v) is 6.20. The third-order valence-electron chi connectivity index (χ3n) is 0.357. The third kappa shape index (κ3) is 4.51. The molecule has 3 nitrogen and oxygen atoms in total. The van der Waals surface area contributed by atoms with Crippen LogP contribution in [0.3, 0.4) is 0 Å². The molecule has 0 saturated heterocycles. The number of esters is 1. The van der Waals surface area contributed by atoms with Gasteiger partial charge in [-0.15, -0.1) is 0 Å². The van der Waals surface area contributed by atoms with Crippen LogP contribution in [0.25, 0.3) is 0 Å². The Labute approximate surface area is 65.8 Å². The summed E-state index contributed by atoms with van der Waals surface area (Å²) >= 11 is 14.5. The SMILES string of the molecule is O=C(Cl)C(=O)OC(Cl)Cl. The highest BCUT2D eigenvalue weighted by molar-refractivity contribution is 6.80. The van der Waals surface area contributed by atoms with E-state index in [4.69, 9.17) is 23.2 Å². The monoisotopic (exact) mass is 190 g/mol. The van der Waals surface area contributed by atoms with E-state index in [0.29, 0.717) is 0 Å². The maximum Gasteiger partial charge on any atom is 0.393 e. The summed E-state index contributed by atoms with van der Waals surface area (Å²) < 4.78 is 3.92. The van der Waals surface area contributed by atoms with Gasteiger partial charge in [0.05, 0.1) is 0 Å². The predicted octanol–water partition coefficient (Wildman–Crippen LogP) is 1.06. The third-order valence-corrected chi connectivity index (χ3v) is 0.689. The van der Waals surface area contributed by atoms with E-state index in [1.165, 1.54) is 0 Å². The first-order valence-electron chi connectivity index (χ1n) is 1.72. The standard InChI is InChI=1S/C3HCl3O3/c4-1(7)2(8)9-3(5)6/h3H. The van der Waals surface area contributed by atoms with Crippen molar-refractivity contribution < 1.29 is 14.3 Å². The minimum Gasteiger partial charge on any atom is -0.425 e. The Bertz CT molecular complexity index is 132.